The lowest BCUT2D eigenvalue weighted by Gasteiger charge is -2.12. The lowest BCUT2D eigenvalue weighted by Crippen LogP contribution is -2.10. The number of phenolic OH excluding ortho intramolecular Hbond substituents is 1. The minimum absolute atomic E-state index is 0.0141. The largest absolute Gasteiger partial charge is 0.508 e. The molecule has 0 spiro atoms. The Labute approximate surface area is 167 Å². The number of phenols is 1. The Hall–Kier alpha value is -3.68. The number of benzene rings is 2. The lowest BCUT2D eigenvalue weighted by molar-refractivity contribution is -0.133. The van der Waals surface area contributed by atoms with Crippen molar-refractivity contribution in [2.24, 2.45) is 0 Å². The van der Waals surface area contributed by atoms with Gasteiger partial charge in [0.05, 0.1) is 5.56 Å². The molecule has 2 rings (SSSR count). The highest BCUT2D eigenvalue weighted by molar-refractivity contribution is 5.99. The number of carbonyl (C=O) groups is 4. The quantitative estimate of drug-likeness (QED) is 0.428. The lowest BCUT2D eigenvalue weighted by atomic mass is 10.0. The van der Waals surface area contributed by atoms with Crippen molar-refractivity contribution in [1.82, 2.24) is 0 Å². The Bertz CT molecular complexity index is 961. The Morgan fingerprint density at radius 1 is 0.793 bits per heavy atom. The highest BCUT2D eigenvalue weighted by Gasteiger charge is 2.17. The maximum Gasteiger partial charge on any atom is 0.308 e. The van der Waals surface area contributed by atoms with Crippen molar-refractivity contribution in [2.75, 3.05) is 0 Å². The summed E-state index contributed by atoms with van der Waals surface area (Å²) in [4.78, 5) is 46.3. The predicted octanol–water partition coefficient (Wildman–Crippen LogP) is 2.98. The van der Waals surface area contributed by atoms with E-state index in [-0.39, 0.29) is 47.2 Å². The molecule has 0 aliphatic heterocycles. The van der Waals surface area contributed by atoms with Gasteiger partial charge in [0.1, 0.15) is 23.0 Å². The smallest absolute Gasteiger partial charge is 0.308 e. The van der Waals surface area contributed by atoms with E-state index in [1.807, 2.05) is 0 Å². The molecule has 0 saturated heterocycles. The van der Waals surface area contributed by atoms with E-state index >= 15 is 0 Å². The van der Waals surface area contributed by atoms with Gasteiger partial charge >= 0.3 is 17.9 Å². The molecular weight excluding hydrogens is 380 g/mol. The molecule has 152 valence electrons. The van der Waals surface area contributed by atoms with Crippen LogP contribution in [0.3, 0.4) is 0 Å². The van der Waals surface area contributed by atoms with Gasteiger partial charge in [-0.3, -0.25) is 19.2 Å². The summed E-state index contributed by atoms with van der Waals surface area (Å²) in [5, 5.41) is 9.56. The van der Waals surface area contributed by atoms with Crippen LogP contribution in [-0.4, -0.2) is 28.8 Å². The molecule has 8 heteroatoms. The SMILES string of the molecule is CC(=O)Oc1ccc(CCC(=O)c2ccc(O)cc2OC(C)=O)c(OC(C)=O)c1. The third-order valence-electron chi connectivity index (χ3n) is 3.69. The fourth-order valence-electron chi connectivity index (χ4n) is 2.58. The summed E-state index contributed by atoms with van der Waals surface area (Å²) in [5.41, 5.74) is 0.695. The van der Waals surface area contributed by atoms with Crippen LogP contribution in [0.25, 0.3) is 0 Å². The number of esters is 3. The second-order valence-electron chi connectivity index (χ2n) is 6.15. The molecular formula is C21H20O8. The first-order chi connectivity index (χ1) is 13.7. The molecule has 0 amide bonds. The monoisotopic (exact) mass is 400 g/mol. The first kappa shape index (κ1) is 21.6. The minimum atomic E-state index is -0.622. The van der Waals surface area contributed by atoms with Gasteiger partial charge < -0.3 is 19.3 Å². The Balaban J connectivity index is 2.22. The van der Waals surface area contributed by atoms with E-state index in [9.17, 15) is 24.3 Å². The standard InChI is InChI=1S/C21H20O8/c1-12(22)27-17-7-4-15(20(11-17)28-13(2)23)5-9-19(26)18-8-6-16(25)10-21(18)29-14(3)24/h4,6-8,10-11,25H,5,9H2,1-3H3. The fourth-order valence-corrected chi connectivity index (χ4v) is 2.58. The van der Waals surface area contributed by atoms with Gasteiger partial charge in [-0.1, -0.05) is 6.07 Å². The first-order valence-corrected chi connectivity index (χ1v) is 8.70. The van der Waals surface area contributed by atoms with Gasteiger partial charge in [0, 0.05) is 39.3 Å². The number of rotatable bonds is 7. The number of Topliss-reactive ketones (excluding diaryl/α,β-unsaturated/α-hetero) is 1. The maximum absolute atomic E-state index is 12.6. The minimum Gasteiger partial charge on any atom is -0.508 e. The second-order valence-corrected chi connectivity index (χ2v) is 6.15. The van der Waals surface area contributed by atoms with Crippen LogP contribution in [0.15, 0.2) is 36.4 Å². The Morgan fingerprint density at radius 3 is 2.03 bits per heavy atom. The molecule has 8 nitrogen and oxygen atoms in total. The van der Waals surface area contributed by atoms with E-state index in [4.69, 9.17) is 14.2 Å². The van der Waals surface area contributed by atoms with Crippen LogP contribution in [0.4, 0.5) is 0 Å². The molecule has 0 aliphatic carbocycles. The molecule has 2 aromatic rings. The third-order valence-corrected chi connectivity index (χ3v) is 3.69. The molecule has 0 fully saturated rings. The zero-order chi connectivity index (χ0) is 21.6. The maximum atomic E-state index is 12.6. The summed E-state index contributed by atoms with van der Waals surface area (Å²) < 4.78 is 15.1. The van der Waals surface area contributed by atoms with E-state index in [2.05, 4.69) is 0 Å². The number of carbonyl (C=O) groups excluding carboxylic acids is 4. The van der Waals surface area contributed by atoms with Crippen molar-refractivity contribution in [3.05, 3.63) is 47.5 Å². The van der Waals surface area contributed by atoms with Crippen LogP contribution in [0.5, 0.6) is 23.0 Å². The third kappa shape index (κ3) is 6.46. The predicted molar refractivity (Wildman–Crippen MR) is 101 cm³/mol. The van der Waals surface area contributed by atoms with Gasteiger partial charge in [0.15, 0.2) is 5.78 Å². The van der Waals surface area contributed by atoms with Crippen molar-refractivity contribution in [1.29, 1.82) is 0 Å². The number of hydrogen-bond acceptors (Lipinski definition) is 8. The van der Waals surface area contributed by atoms with E-state index in [1.54, 1.807) is 6.07 Å². The second kappa shape index (κ2) is 9.50. The van der Waals surface area contributed by atoms with E-state index < -0.39 is 17.9 Å². The van der Waals surface area contributed by atoms with Crippen LogP contribution in [0.1, 0.15) is 43.1 Å². The molecule has 0 radical (unpaired) electrons. The topological polar surface area (TPSA) is 116 Å². The van der Waals surface area contributed by atoms with Crippen LogP contribution >= 0.6 is 0 Å². The average molecular weight is 400 g/mol. The van der Waals surface area contributed by atoms with E-state index in [0.717, 1.165) is 0 Å². The number of ether oxygens (including phenoxy) is 3. The van der Waals surface area contributed by atoms with Crippen LogP contribution in [-0.2, 0) is 20.8 Å². The first-order valence-electron chi connectivity index (χ1n) is 8.70. The van der Waals surface area contributed by atoms with Gasteiger partial charge in [-0.2, -0.15) is 0 Å². The number of ketones is 1. The summed E-state index contributed by atoms with van der Waals surface area (Å²) in [7, 11) is 0. The summed E-state index contributed by atoms with van der Waals surface area (Å²) in [6.45, 7) is 3.67. The van der Waals surface area contributed by atoms with Gasteiger partial charge in [-0.25, -0.2) is 0 Å². The van der Waals surface area contributed by atoms with Gasteiger partial charge in [0.2, 0.25) is 0 Å². The molecule has 0 saturated carbocycles. The molecule has 0 unspecified atom stereocenters. The van der Waals surface area contributed by atoms with Gasteiger partial charge in [0.25, 0.3) is 0 Å². The molecule has 0 atom stereocenters. The van der Waals surface area contributed by atoms with Crippen molar-refractivity contribution < 1.29 is 38.5 Å². The Morgan fingerprint density at radius 2 is 1.41 bits per heavy atom. The normalized spacial score (nSPS) is 10.2. The van der Waals surface area contributed by atoms with Crippen LogP contribution in [0.2, 0.25) is 0 Å². The van der Waals surface area contributed by atoms with E-state index in [1.165, 1.54) is 51.1 Å². The molecule has 1 N–H and O–H groups in total. The zero-order valence-corrected chi connectivity index (χ0v) is 16.2. The summed E-state index contributed by atoms with van der Waals surface area (Å²) in [6, 6.07) is 8.39. The van der Waals surface area contributed by atoms with Crippen LogP contribution in [0, 0.1) is 0 Å². The molecule has 29 heavy (non-hydrogen) atoms. The highest BCUT2D eigenvalue weighted by Crippen LogP contribution is 2.29. The van der Waals surface area contributed by atoms with Crippen molar-refractivity contribution in [2.45, 2.75) is 33.6 Å². The number of hydrogen-bond donors (Lipinski definition) is 1. The molecule has 2 aromatic carbocycles. The van der Waals surface area contributed by atoms with Crippen LogP contribution < -0.4 is 14.2 Å². The molecule has 0 heterocycles. The number of aromatic hydroxyl groups is 1. The van der Waals surface area contributed by atoms with E-state index in [0.29, 0.717) is 5.56 Å². The molecule has 0 bridgehead atoms. The summed E-state index contributed by atoms with van der Waals surface area (Å²) >= 11 is 0. The Kier molecular flexibility index (Phi) is 7.08. The fraction of sp³-hybridized carbons (Fsp3) is 0.238. The average Bonchev–Trinajstić information content (AvgIpc) is 2.59. The zero-order valence-electron chi connectivity index (χ0n) is 16.2. The molecule has 0 aliphatic rings. The van der Waals surface area contributed by atoms with Crippen molar-refractivity contribution in [3.63, 3.8) is 0 Å². The van der Waals surface area contributed by atoms with Crippen molar-refractivity contribution >= 4 is 23.7 Å². The summed E-state index contributed by atoms with van der Waals surface area (Å²) in [6.07, 6.45) is 0.225. The van der Waals surface area contributed by atoms with Gasteiger partial charge in [-0.15, -0.1) is 0 Å². The number of aryl methyl sites for hydroxylation is 1. The highest BCUT2D eigenvalue weighted by atomic mass is 16.5. The van der Waals surface area contributed by atoms with Crippen molar-refractivity contribution in [3.8, 4) is 23.0 Å². The molecule has 0 aromatic heterocycles. The summed E-state index contributed by atoms with van der Waals surface area (Å²) in [5.74, 6) is -1.83. The van der Waals surface area contributed by atoms with Gasteiger partial charge in [-0.05, 0) is 30.2 Å².